The lowest BCUT2D eigenvalue weighted by molar-refractivity contribution is -0.144. The molecule has 3 aromatic rings. The van der Waals surface area contributed by atoms with E-state index >= 15 is 0 Å². The second kappa shape index (κ2) is 10.8. The highest BCUT2D eigenvalue weighted by Gasteiger charge is 2.31. The van der Waals surface area contributed by atoms with Crippen molar-refractivity contribution in [1.29, 1.82) is 0 Å². The van der Waals surface area contributed by atoms with E-state index < -0.39 is 30.4 Å². The van der Waals surface area contributed by atoms with Gasteiger partial charge in [-0.1, -0.05) is 19.4 Å². The summed E-state index contributed by atoms with van der Waals surface area (Å²) in [6, 6.07) is 10.3. The van der Waals surface area contributed by atoms with Gasteiger partial charge in [-0.2, -0.15) is 13.2 Å². The van der Waals surface area contributed by atoms with Gasteiger partial charge in [-0.25, -0.2) is 4.79 Å². The van der Waals surface area contributed by atoms with Crippen LogP contribution < -0.4 is 10.1 Å². The Bertz CT molecular complexity index is 1220. The van der Waals surface area contributed by atoms with E-state index in [-0.39, 0.29) is 6.54 Å². The van der Waals surface area contributed by atoms with Crippen molar-refractivity contribution in [1.82, 2.24) is 9.88 Å². The number of aromatic nitrogens is 1. The molecular weight excluding hydrogens is 461 g/mol. The number of halogens is 3. The minimum absolute atomic E-state index is 0.0434. The van der Waals surface area contributed by atoms with E-state index in [9.17, 15) is 22.8 Å². The number of nitrogens with zero attached hydrogens (tertiary/aromatic N) is 1. The van der Waals surface area contributed by atoms with E-state index in [2.05, 4.69) is 5.32 Å². The van der Waals surface area contributed by atoms with Gasteiger partial charge < -0.3 is 19.4 Å². The van der Waals surface area contributed by atoms with Crippen molar-refractivity contribution in [2.24, 2.45) is 13.0 Å². The number of hydrogen-bond donors (Lipinski definition) is 1. The normalized spacial score (nSPS) is 12.4. The first-order valence-corrected chi connectivity index (χ1v) is 11.2. The zero-order valence-corrected chi connectivity index (χ0v) is 20.2. The lowest BCUT2D eigenvalue weighted by atomic mass is 10.00. The van der Waals surface area contributed by atoms with Crippen molar-refractivity contribution in [3.63, 3.8) is 0 Å². The molecule has 188 valence electrons. The molecule has 6 nitrogen and oxygen atoms in total. The van der Waals surface area contributed by atoms with Gasteiger partial charge in [-0.15, -0.1) is 0 Å². The Morgan fingerprint density at radius 2 is 1.77 bits per heavy atom. The van der Waals surface area contributed by atoms with Crippen molar-refractivity contribution in [3.05, 3.63) is 64.8 Å². The van der Waals surface area contributed by atoms with Gasteiger partial charge in [0.2, 0.25) is 0 Å². The fourth-order valence-corrected chi connectivity index (χ4v) is 4.12. The maximum atomic E-state index is 12.7. The standard InChI is InChI=1S/C26H29F3N2O4/c1-5-16(13-26(27,28)29)14-30-24(32)18-8-9-22-21(11-18)20(15-31(22)2)10-17-6-7-19(25(33)35-4)12-23(17)34-3/h6-9,11-12,15-16H,5,10,13-14H2,1-4H3,(H,30,32). The first kappa shape index (κ1) is 26.1. The summed E-state index contributed by atoms with van der Waals surface area (Å²) < 4.78 is 50.4. The number of ether oxygens (including phenoxy) is 2. The molecule has 0 aliphatic carbocycles. The molecule has 0 bridgehead atoms. The van der Waals surface area contributed by atoms with Crippen LogP contribution >= 0.6 is 0 Å². The summed E-state index contributed by atoms with van der Waals surface area (Å²) in [5, 5.41) is 3.49. The van der Waals surface area contributed by atoms with Gasteiger partial charge in [-0.05, 0) is 47.4 Å². The molecule has 0 radical (unpaired) electrons. The predicted molar refractivity (Wildman–Crippen MR) is 127 cm³/mol. The summed E-state index contributed by atoms with van der Waals surface area (Å²) in [6.07, 6.45) is -2.44. The third kappa shape index (κ3) is 6.35. The Balaban J connectivity index is 1.84. The van der Waals surface area contributed by atoms with Gasteiger partial charge >= 0.3 is 12.1 Å². The van der Waals surface area contributed by atoms with Crippen molar-refractivity contribution in [3.8, 4) is 5.75 Å². The Morgan fingerprint density at radius 1 is 1.06 bits per heavy atom. The Morgan fingerprint density at radius 3 is 2.40 bits per heavy atom. The van der Waals surface area contributed by atoms with Gasteiger partial charge in [0.1, 0.15) is 5.75 Å². The largest absolute Gasteiger partial charge is 0.496 e. The SMILES string of the molecule is CCC(CNC(=O)c1ccc2c(c1)c(Cc1ccc(C(=O)OC)cc1OC)cn2C)CC(F)(F)F. The number of fused-ring (bicyclic) bond motifs is 1. The van der Waals surface area contributed by atoms with Crippen molar-refractivity contribution in [2.45, 2.75) is 32.4 Å². The molecule has 3 rings (SSSR count). The number of benzene rings is 2. The zero-order chi connectivity index (χ0) is 25.8. The van der Waals surface area contributed by atoms with Crippen molar-refractivity contribution < 1.29 is 32.2 Å². The minimum Gasteiger partial charge on any atom is -0.496 e. The van der Waals surface area contributed by atoms with Gasteiger partial charge in [0, 0.05) is 49.1 Å². The van der Waals surface area contributed by atoms with Crippen molar-refractivity contribution in [2.75, 3.05) is 20.8 Å². The summed E-state index contributed by atoms with van der Waals surface area (Å²) >= 11 is 0. The fourth-order valence-electron chi connectivity index (χ4n) is 4.12. The molecule has 1 unspecified atom stereocenters. The molecule has 1 N–H and O–H groups in total. The van der Waals surface area contributed by atoms with Crippen LogP contribution in [0.2, 0.25) is 0 Å². The molecule has 1 heterocycles. The quantitative estimate of drug-likeness (QED) is 0.415. The highest BCUT2D eigenvalue weighted by molar-refractivity contribution is 5.99. The Labute approximate surface area is 202 Å². The number of esters is 1. The van der Waals surface area contributed by atoms with Crippen LogP contribution in [0.1, 0.15) is 51.6 Å². The average molecular weight is 491 g/mol. The number of rotatable bonds is 9. The maximum absolute atomic E-state index is 12.7. The first-order valence-electron chi connectivity index (χ1n) is 11.2. The van der Waals surface area contributed by atoms with Crippen LogP contribution in [0.15, 0.2) is 42.6 Å². The number of alkyl halides is 3. The monoisotopic (exact) mass is 490 g/mol. The number of hydrogen-bond acceptors (Lipinski definition) is 4. The lowest BCUT2D eigenvalue weighted by Gasteiger charge is -2.17. The molecule has 1 amide bonds. The van der Waals surface area contributed by atoms with Crippen LogP contribution in [-0.2, 0) is 18.2 Å². The van der Waals surface area contributed by atoms with E-state index in [1.807, 2.05) is 23.9 Å². The average Bonchev–Trinajstić information content (AvgIpc) is 3.14. The number of amides is 1. The zero-order valence-electron chi connectivity index (χ0n) is 20.2. The molecule has 0 saturated heterocycles. The highest BCUT2D eigenvalue weighted by atomic mass is 19.4. The van der Waals surface area contributed by atoms with Gasteiger partial charge in [0.05, 0.1) is 19.8 Å². The molecule has 35 heavy (non-hydrogen) atoms. The Hall–Kier alpha value is -3.49. The maximum Gasteiger partial charge on any atom is 0.389 e. The third-order valence-electron chi connectivity index (χ3n) is 6.07. The molecule has 0 spiro atoms. The molecule has 0 saturated carbocycles. The molecule has 1 aromatic heterocycles. The van der Waals surface area contributed by atoms with Crippen LogP contribution in [0.3, 0.4) is 0 Å². The third-order valence-corrected chi connectivity index (χ3v) is 6.07. The van der Waals surface area contributed by atoms with E-state index in [4.69, 9.17) is 9.47 Å². The van der Waals surface area contributed by atoms with Crippen LogP contribution in [0.5, 0.6) is 5.75 Å². The number of methoxy groups -OCH3 is 2. The second-order valence-electron chi connectivity index (χ2n) is 8.50. The summed E-state index contributed by atoms with van der Waals surface area (Å²) in [6.45, 7) is 1.63. The summed E-state index contributed by atoms with van der Waals surface area (Å²) in [5.41, 5.74) is 3.44. The fraction of sp³-hybridized carbons (Fsp3) is 0.385. The van der Waals surface area contributed by atoms with Crippen LogP contribution in [0.25, 0.3) is 10.9 Å². The lowest BCUT2D eigenvalue weighted by Crippen LogP contribution is -2.31. The molecule has 0 aliphatic heterocycles. The topological polar surface area (TPSA) is 69.6 Å². The van der Waals surface area contributed by atoms with Crippen LogP contribution in [0.4, 0.5) is 13.2 Å². The van der Waals surface area contributed by atoms with E-state index in [1.54, 1.807) is 37.3 Å². The number of aryl methyl sites for hydroxylation is 1. The highest BCUT2D eigenvalue weighted by Crippen LogP contribution is 2.29. The van der Waals surface area contributed by atoms with Gasteiger partial charge in [0.25, 0.3) is 5.91 Å². The van der Waals surface area contributed by atoms with Gasteiger partial charge in [-0.3, -0.25) is 4.79 Å². The molecular formula is C26H29F3N2O4. The first-order chi connectivity index (χ1) is 16.6. The minimum atomic E-state index is -4.26. The predicted octanol–water partition coefficient (Wildman–Crippen LogP) is 5.27. The van der Waals surface area contributed by atoms with E-state index in [0.717, 1.165) is 22.0 Å². The molecule has 0 aliphatic rings. The molecule has 0 fully saturated rings. The van der Waals surface area contributed by atoms with E-state index in [1.165, 1.54) is 14.2 Å². The second-order valence-corrected chi connectivity index (χ2v) is 8.50. The number of carbonyl (C=O) groups excluding carboxylic acids is 2. The Kier molecular flexibility index (Phi) is 8.09. The summed E-state index contributed by atoms with van der Waals surface area (Å²) in [7, 11) is 4.73. The van der Waals surface area contributed by atoms with Crippen LogP contribution in [-0.4, -0.2) is 43.4 Å². The van der Waals surface area contributed by atoms with Gasteiger partial charge in [0.15, 0.2) is 0 Å². The van der Waals surface area contributed by atoms with E-state index in [0.29, 0.717) is 29.7 Å². The number of nitrogens with one attached hydrogen (secondary N) is 1. The summed E-state index contributed by atoms with van der Waals surface area (Å²) in [4.78, 5) is 24.6. The van der Waals surface area contributed by atoms with Crippen molar-refractivity contribution >= 4 is 22.8 Å². The molecule has 2 aromatic carbocycles. The molecule has 9 heteroatoms. The smallest absolute Gasteiger partial charge is 0.389 e. The summed E-state index contributed by atoms with van der Waals surface area (Å²) in [5.74, 6) is -1.01. The molecule has 1 atom stereocenters. The van der Waals surface area contributed by atoms with Crippen LogP contribution in [0, 0.1) is 5.92 Å². The number of carbonyl (C=O) groups is 2.